The highest BCUT2D eigenvalue weighted by molar-refractivity contribution is 5.89. The molecule has 2 aromatic rings. The smallest absolute Gasteiger partial charge is 0.338 e. The molecule has 2 N–H and O–H groups in total. The van der Waals surface area contributed by atoms with Crippen LogP contribution in [-0.2, 0) is 17.8 Å². The Hall–Kier alpha value is -2.13. The fourth-order valence-electron chi connectivity index (χ4n) is 2.14. The second kappa shape index (κ2) is 6.55. The molecule has 0 saturated carbocycles. The number of esters is 1. The van der Waals surface area contributed by atoms with Gasteiger partial charge in [0, 0.05) is 5.54 Å². The first kappa shape index (κ1) is 15.3. The third kappa shape index (κ3) is 5.04. The van der Waals surface area contributed by atoms with Gasteiger partial charge in [0.05, 0.1) is 5.56 Å². The van der Waals surface area contributed by atoms with Crippen LogP contribution in [0.5, 0.6) is 0 Å². The van der Waals surface area contributed by atoms with E-state index in [1.807, 2.05) is 62.4 Å². The van der Waals surface area contributed by atoms with Crippen LogP contribution >= 0.6 is 0 Å². The maximum absolute atomic E-state index is 12.1. The third-order valence-electron chi connectivity index (χ3n) is 3.04. The van der Waals surface area contributed by atoms with Gasteiger partial charge in [-0.15, -0.1) is 0 Å². The summed E-state index contributed by atoms with van der Waals surface area (Å²) in [7, 11) is 0. The van der Waals surface area contributed by atoms with Crippen molar-refractivity contribution in [2.24, 2.45) is 5.73 Å². The fourth-order valence-corrected chi connectivity index (χ4v) is 2.14. The molecule has 0 unspecified atom stereocenters. The number of hydrogen-bond acceptors (Lipinski definition) is 3. The van der Waals surface area contributed by atoms with Crippen molar-refractivity contribution in [1.82, 2.24) is 0 Å². The van der Waals surface area contributed by atoms with E-state index < -0.39 is 0 Å². The zero-order valence-electron chi connectivity index (χ0n) is 12.5. The van der Waals surface area contributed by atoms with Gasteiger partial charge in [0.15, 0.2) is 0 Å². The first-order valence-electron chi connectivity index (χ1n) is 7.03. The zero-order chi connectivity index (χ0) is 15.3. The molecule has 0 fully saturated rings. The molecule has 0 aliphatic carbocycles. The first-order valence-corrected chi connectivity index (χ1v) is 7.03. The fraction of sp³-hybridized carbons (Fsp3) is 0.278. The van der Waals surface area contributed by atoms with E-state index in [4.69, 9.17) is 10.5 Å². The second-order valence-corrected chi connectivity index (χ2v) is 5.93. The number of benzene rings is 2. The number of nitrogens with two attached hydrogens (primary N) is 1. The zero-order valence-corrected chi connectivity index (χ0v) is 12.5. The monoisotopic (exact) mass is 283 g/mol. The van der Waals surface area contributed by atoms with E-state index >= 15 is 0 Å². The molecule has 0 amide bonds. The minimum absolute atomic E-state index is 0.284. The van der Waals surface area contributed by atoms with E-state index in [0.717, 1.165) is 11.1 Å². The summed E-state index contributed by atoms with van der Waals surface area (Å²) in [5.74, 6) is -0.310. The summed E-state index contributed by atoms with van der Waals surface area (Å²) < 4.78 is 5.33. The van der Waals surface area contributed by atoms with Gasteiger partial charge in [-0.05, 0) is 43.5 Å². The Morgan fingerprint density at radius 2 is 1.71 bits per heavy atom. The molecule has 3 nitrogen and oxygen atoms in total. The van der Waals surface area contributed by atoms with Crippen LogP contribution in [0.3, 0.4) is 0 Å². The number of rotatable bonds is 5. The Bertz CT molecular complexity index is 600. The van der Waals surface area contributed by atoms with Crippen molar-refractivity contribution in [2.75, 3.05) is 0 Å². The van der Waals surface area contributed by atoms with Crippen LogP contribution in [0.2, 0.25) is 0 Å². The van der Waals surface area contributed by atoms with Gasteiger partial charge in [0.2, 0.25) is 0 Å². The Morgan fingerprint density at radius 3 is 2.38 bits per heavy atom. The highest BCUT2D eigenvalue weighted by Crippen LogP contribution is 2.13. The molecule has 0 bridgehead atoms. The number of carbonyl (C=O) groups is 1. The molecule has 0 heterocycles. The van der Waals surface area contributed by atoms with Gasteiger partial charge in [0.25, 0.3) is 0 Å². The first-order chi connectivity index (χ1) is 9.94. The molecule has 0 atom stereocenters. The summed E-state index contributed by atoms with van der Waals surface area (Å²) in [6, 6.07) is 17.1. The van der Waals surface area contributed by atoms with Gasteiger partial charge in [-0.3, -0.25) is 0 Å². The van der Waals surface area contributed by atoms with Gasteiger partial charge in [0.1, 0.15) is 6.61 Å². The molecule has 110 valence electrons. The minimum Gasteiger partial charge on any atom is -0.457 e. The molecular formula is C18H21NO2. The second-order valence-electron chi connectivity index (χ2n) is 5.93. The molecule has 2 rings (SSSR count). The summed E-state index contributed by atoms with van der Waals surface area (Å²) in [5.41, 5.74) is 8.29. The lowest BCUT2D eigenvalue weighted by molar-refractivity contribution is 0.0472. The molecule has 0 radical (unpaired) electrons. The average Bonchev–Trinajstić information content (AvgIpc) is 2.44. The predicted molar refractivity (Wildman–Crippen MR) is 84.0 cm³/mol. The average molecular weight is 283 g/mol. The van der Waals surface area contributed by atoms with Gasteiger partial charge in [-0.2, -0.15) is 0 Å². The molecular weight excluding hydrogens is 262 g/mol. The molecule has 0 saturated heterocycles. The van der Waals surface area contributed by atoms with E-state index in [-0.39, 0.29) is 18.1 Å². The van der Waals surface area contributed by atoms with E-state index in [2.05, 4.69) is 0 Å². The maximum atomic E-state index is 12.1. The van der Waals surface area contributed by atoms with E-state index in [1.54, 1.807) is 6.07 Å². The summed E-state index contributed by atoms with van der Waals surface area (Å²) in [6.07, 6.45) is 0.715. The van der Waals surface area contributed by atoms with Crippen LogP contribution in [-0.4, -0.2) is 11.5 Å². The Balaban J connectivity index is 2.01. The lowest BCUT2D eigenvalue weighted by Crippen LogP contribution is -2.34. The highest BCUT2D eigenvalue weighted by atomic mass is 16.5. The van der Waals surface area contributed by atoms with Crippen molar-refractivity contribution in [3.8, 4) is 0 Å². The van der Waals surface area contributed by atoms with Gasteiger partial charge < -0.3 is 10.5 Å². The molecule has 2 aromatic carbocycles. The van der Waals surface area contributed by atoms with Crippen molar-refractivity contribution in [1.29, 1.82) is 0 Å². The molecule has 3 heteroatoms. The SMILES string of the molecule is CC(C)(N)Cc1cccc(C(=O)OCc2ccccc2)c1. The Kier molecular flexibility index (Phi) is 4.76. The Labute approximate surface area is 125 Å². The van der Waals surface area contributed by atoms with E-state index in [0.29, 0.717) is 12.0 Å². The summed E-state index contributed by atoms with van der Waals surface area (Å²) in [6.45, 7) is 4.22. The van der Waals surface area contributed by atoms with Crippen molar-refractivity contribution in [3.63, 3.8) is 0 Å². The van der Waals surface area contributed by atoms with Crippen LogP contribution < -0.4 is 5.73 Å². The van der Waals surface area contributed by atoms with Crippen LogP contribution in [0, 0.1) is 0 Å². The molecule has 0 aliphatic rings. The normalized spacial score (nSPS) is 11.2. The van der Waals surface area contributed by atoms with Gasteiger partial charge >= 0.3 is 5.97 Å². The number of carbonyl (C=O) groups excluding carboxylic acids is 1. The van der Waals surface area contributed by atoms with Crippen molar-refractivity contribution >= 4 is 5.97 Å². The van der Waals surface area contributed by atoms with Crippen LogP contribution in [0.15, 0.2) is 54.6 Å². The minimum atomic E-state index is -0.310. The van der Waals surface area contributed by atoms with Crippen LogP contribution in [0.4, 0.5) is 0 Å². The summed E-state index contributed by atoms with van der Waals surface area (Å²) in [5, 5.41) is 0. The lowest BCUT2D eigenvalue weighted by Gasteiger charge is -2.18. The van der Waals surface area contributed by atoms with Crippen LogP contribution in [0.1, 0.15) is 35.3 Å². The van der Waals surface area contributed by atoms with Gasteiger partial charge in [-0.1, -0.05) is 42.5 Å². The van der Waals surface area contributed by atoms with Crippen LogP contribution in [0.25, 0.3) is 0 Å². The Morgan fingerprint density at radius 1 is 1.05 bits per heavy atom. The molecule has 0 aromatic heterocycles. The van der Waals surface area contributed by atoms with Crippen molar-refractivity contribution in [3.05, 3.63) is 71.3 Å². The number of hydrogen-bond donors (Lipinski definition) is 1. The lowest BCUT2D eigenvalue weighted by atomic mass is 9.95. The highest BCUT2D eigenvalue weighted by Gasteiger charge is 2.14. The molecule has 0 spiro atoms. The molecule has 0 aliphatic heterocycles. The number of ether oxygens (including phenoxy) is 1. The standard InChI is InChI=1S/C18H21NO2/c1-18(2,19)12-15-9-6-10-16(11-15)17(20)21-13-14-7-4-3-5-8-14/h3-11H,12-13,19H2,1-2H3. The summed E-state index contributed by atoms with van der Waals surface area (Å²) >= 11 is 0. The van der Waals surface area contributed by atoms with Crippen molar-refractivity contribution in [2.45, 2.75) is 32.4 Å². The van der Waals surface area contributed by atoms with E-state index in [1.165, 1.54) is 0 Å². The quantitative estimate of drug-likeness (QED) is 0.856. The van der Waals surface area contributed by atoms with Gasteiger partial charge in [-0.25, -0.2) is 4.79 Å². The largest absolute Gasteiger partial charge is 0.457 e. The predicted octanol–water partition coefficient (Wildman–Crippen LogP) is 3.32. The maximum Gasteiger partial charge on any atom is 0.338 e. The third-order valence-corrected chi connectivity index (χ3v) is 3.04. The summed E-state index contributed by atoms with van der Waals surface area (Å²) in [4.78, 5) is 12.1. The van der Waals surface area contributed by atoms with E-state index in [9.17, 15) is 4.79 Å². The topological polar surface area (TPSA) is 52.3 Å². The molecule has 21 heavy (non-hydrogen) atoms. The van der Waals surface area contributed by atoms with Crippen molar-refractivity contribution < 1.29 is 9.53 Å².